The molecule has 2 aromatic rings. The van der Waals surface area contributed by atoms with Crippen LogP contribution in [0.15, 0.2) is 43.7 Å². The van der Waals surface area contributed by atoms with Crippen molar-refractivity contribution in [1.82, 2.24) is 15.2 Å². The number of fused-ring (bicyclic) bond motifs is 1. The molecule has 2 aliphatic rings. The summed E-state index contributed by atoms with van der Waals surface area (Å²) in [7, 11) is 1.52. The van der Waals surface area contributed by atoms with E-state index in [0.29, 0.717) is 21.5 Å². The van der Waals surface area contributed by atoms with Crippen LogP contribution < -0.4 is 30.3 Å². The number of imide groups is 2. The van der Waals surface area contributed by atoms with Crippen LogP contribution in [0.3, 0.4) is 0 Å². The second kappa shape index (κ2) is 9.58. The highest BCUT2D eigenvalue weighted by Crippen LogP contribution is 2.34. The Morgan fingerprint density at radius 1 is 1.23 bits per heavy atom. The third-order valence-electron chi connectivity index (χ3n) is 5.37. The lowest BCUT2D eigenvalue weighted by Crippen LogP contribution is -2.55. The van der Waals surface area contributed by atoms with E-state index in [1.54, 1.807) is 32.0 Å². The second-order valence-electron chi connectivity index (χ2n) is 7.50. The Labute approximate surface area is 210 Å². The fraction of sp³-hybridized carbons (Fsp3) is 0.273. The molecular weight excluding hydrogens is 544 g/mol. The maximum Gasteiger partial charge on any atom is 0.338 e. The number of methoxy groups -OCH3 is 1. The molecular formula is C22H19BrN4O7S. The molecule has 11 nitrogen and oxygen atoms in total. The lowest BCUT2D eigenvalue weighted by atomic mass is 9.96. The number of carbonyl (C=O) groups is 4. The van der Waals surface area contributed by atoms with Gasteiger partial charge in [-0.3, -0.25) is 29.6 Å². The lowest BCUT2D eigenvalue weighted by molar-refractivity contribution is -0.139. The van der Waals surface area contributed by atoms with Crippen molar-refractivity contribution in [3.63, 3.8) is 0 Å². The number of esters is 1. The molecule has 182 valence electrons. The number of allylic oxidation sites excluding steroid dienone is 1. The van der Waals surface area contributed by atoms with E-state index >= 15 is 0 Å². The van der Waals surface area contributed by atoms with Gasteiger partial charge in [0.15, 0.2) is 4.80 Å². The van der Waals surface area contributed by atoms with E-state index < -0.39 is 41.3 Å². The molecule has 4 rings (SSSR count). The Morgan fingerprint density at radius 2 is 1.91 bits per heavy atom. The number of rotatable bonds is 5. The minimum atomic E-state index is -1.38. The van der Waals surface area contributed by atoms with Crippen LogP contribution in [0.5, 0.6) is 5.75 Å². The number of ether oxygens (including phenoxy) is 2. The molecule has 0 spiro atoms. The van der Waals surface area contributed by atoms with Crippen LogP contribution in [0.4, 0.5) is 4.79 Å². The highest BCUT2D eigenvalue weighted by atomic mass is 79.9. The van der Waals surface area contributed by atoms with E-state index in [1.807, 2.05) is 10.6 Å². The normalized spacial score (nSPS) is 18.6. The van der Waals surface area contributed by atoms with E-state index in [1.165, 1.54) is 17.8 Å². The van der Waals surface area contributed by atoms with Gasteiger partial charge < -0.3 is 9.47 Å². The summed E-state index contributed by atoms with van der Waals surface area (Å²) < 4.78 is 12.5. The highest BCUT2D eigenvalue weighted by Gasteiger charge is 2.35. The van der Waals surface area contributed by atoms with Crippen LogP contribution in [-0.2, 0) is 19.1 Å². The molecule has 0 radical (unpaired) electrons. The molecule has 0 bridgehead atoms. The predicted molar refractivity (Wildman–Crippen MR) is 127 cm³/mol. The first kappa shape index (κ1) is 24.5. The Morgan fingerprint density at radius 3 is 2.51 bits per heavy atom. The Kier molecular flexibility index (Phi) is 6.72. The molecule has 13 heteroatoms. The summed E-state index contributed by atoms with van der Waals surface area (Å²) >= 11 is 4.40. The van der Waals surface area contributed by atoms with Gasteiger partial charge in [0, 0.05) is 0 Å². The summed E-state index contributed by atoms with van der Waals surface area (Å²) in [5, 5.41) is 4.00. The van der Waals surface area contributed by atoms with E-state index in [0.717, 1.165) is 11.3 Å². The zero-order chi connectivity index (χ0) is 25.4. The first-order valence-corrected chi connectivity index (χ1v) is 12.0. The lowest BCUT2D eigenvalue weighted by Gasteiger charge is -2.25. The zero-order valence-corrected chi connectivity index (χ0v) is 21.1. The van der Waals surface area contributed by atoms with Crippen LogP contribution in [0.1, 0.15) is 25.5 Å². The second-order valence-corrected chi connectivity index (χ2v) is 9.37. The number of hydrogen-bond acceptors (Lipinski definition) is 9. The van der Waals surface area contributed by atoms with Crippen molar-refractivity contribution in [3.05, 3.63) is 59.2 Å². The largest absolute Gasteiger partial charge is 0.496 e. The first-order valence-electron chi connectivity index (χ1n) is 10.3. The van der Waals surface area contributed by atoms with Crippen LogP contribution >= 0.6 is 27.3 Å². The maximum absolute atomic E-state index is 13.5. The number of amides is 4. The number of thiazole rings is 1. The number of barbiturate groups is 1. The highest BCUT2D eigenvalue weighted by molar-refractivity contribution is 9.10. The Hall–Kier alpha value is -3.58. The van der Waals surface area contributed by atoms with Gasteiger partial charge in [-0.05, 0) is 53.5 Å². The molecule has 1 saturated heterocycles. The molecule has 0 aliphatic carbocycles. The van der Waals surface area contributed by atoms with Gasteiger partial charge in [0.25, 0.3) is 5.56 Å². The average Bonchev–Trinajstić information content (AvgIpc) is 3.09. The van der Waals surface area contributed by atoms with E-state index in [4.69, 9.17) is 9.47 Å². The van der Waals surface area contributed by atoms with Gasteiger partial charge >= 0.3 is 12.0 Å². The fourth-order valence-corrected chi connectivity index (χ4v) is 5.42. The molecule has 2 aliphatic heterocycles. The standard InChI is InChI=1S/C22H19BrN4O7S/c1-4-34-20(31)15-9(2)24-22-27(16(15)10-5-6-13(33-3)12(23)7-10)19(30)14(35-22)8-11-17(28)25-21(32)26-18(11)29/h5-8,11,16H,4H2,1-3H3,(H2,25,26,28,29,32)/b14-8-/t16-/m1/s1. The number of benzene rings is 1. The number of nitrogens with zero attached hydrogens (tertiary/aromatic N) is 2. The van der Waals surface area contributed by atoms with E-state index in [2.05, 4.69) is 20.9 Å². The molecule has 2 N–H and O–H groups in total. The summed E-state index contributed by atoms with van der Waals surface area (Å²) in [5.41, 5.74) is 0.576. The minimum Gasteiger partial charge on any atom is -0.496 e. The van der Waals surface area contributed by atoms with Crippen molar-refractivity contribution >= 4 is 57.2 Å². The van der Waals surface area contributed by atoms with Crippen LogP contribution in [-0.4, -0.2) is 42.1 Å². The van der Waals surface area contributed by atoms with Crippen molar-refractivity contribution in [2.75, 3.05) is 13.7 Å². The molecule has 1 fully saturated rings. The summed E-state index contributed by atoms with van der Waals surface area (Å²) in [6, 6.07) is 3.33. The van der Waals surface area contributed by atoms with Gasteiger partial charge in [-0.1, -0.05) is 17.4 Å². The minimum absolute atomic E-state index is 0.0592. The van der Waals surface area contributed by atoms with Crippen molar-refractivity contribution < 1.29 is 28.7 Å². The molecule has 0 unspecified atom stereocenters. The molecule has 4 amide bonds. The van der Waals surface area contributed by atoms with Gasteiger partial charge in [-0.25, -0.2) is 14.6 Å². The van der Waals surface area contributed by atoms with E-state index in [9.17, 15) is 24.0 Å². The van der Waals surface area contributed by atoms with Crippen molar-refractivity contribution in [3.8, 4) is 5.75 Å². The number of hydrogen-bond donors (Lipinski definition) is 2. The molecule has 3 heterocycles. The number of nitrogens with one attached hydrogen (secondary N) is 2. The van der Waals surface area contributed by atoms with Crippen LogP contribution in [0.2, 0.25) is 0 Å². The van der Waals surface area contributed by atoms with Gasteiger partial charge in [0.2, 0.25) is 11.8 Å². The molecule has 1 aromatic heterocycles. The van der Waals surface area contributed by atoms with Crippen molar-refractivity contribution in [2.24, 2.45) is 10.9 Å². The first-order chi connectivity index (χ1) is 16.7. The summed E-state index contributed by atoms with van der Waals surface area (Å²) in [6.45, 7) is 3.44. The smallest absolute Gasteiger partial charge is 0.338 e. The monoisotopic (exact) mass is 562 g/mol. The van der Waals surface area contributed by atoms with Crippen LogP contribution in [0, 0.1) is 5.92 Å². The molecule has 0 saturated carbocycles. The third-order valence-corrected chi connectivity index (χ3v) is 6.99. The average molecular weight is 563 g/mol. The number of carbonyl (C=O) groups excluding carboxylic acids is 4. The van der Waals surface area contributed by atoms with Gasteiger partial charge in [-0.2, -0.15) is 0 Å². The van der Waals surface area contributed by atoms with E-state index in [-0.39, 0.29) is 21.5 Å². The summed E-state index contributed by atoms with van der Waals surface area (Å²) in [4.78, 5) is 66.9. The SMILES string of the molecule is CCOC(=O)C1=C(C)N=c2s/c(=C\C3C(=O)NC(=O)NC3=O)c(=O)n2[C@@H]1c1ccc(OC)c(Br)c1. The predicted octanol–water partition coefficient (Wildman–Crippen LogP) is 0.503. The zero-order valence-electron chi connectivity index (χ0n) is 18.7. The summed E-state index contributed by atoms with van der Waals surface area (Å²) in [6.07, 6.45) is 1.19. The number of urea groups is 1. The summed E-state index contributed by atoms with van der Waals surface area (Å²) in [5.74, 6) is -3.13. The molecule has 1 atom stereocenters. The molecule has 35 heavy (non-hydrogen) atoms. The van der Waals surface area contributed by atoms with Crippen molar-refractivity contribution in [2.45, 2.75) is 19.9 Å². The van der Waals surface area contributed by atoms with Gasteiger partial charge in [0.1, 0.15) is 11.7 Å². The number of aromatic nitrogens is 1. The fourth-order valence-electron chi connectivity index (χ4n) is 3.81. The van der Waals surface area contributed by atoms with Gasteiger partial charge in [0.05, 0.1) is 40.0 Å². The quantitative estimate of drug-likeness (QED) is 0.398. The Bertz CT molecular complexity index is 1470. The topological polar surface area (TPSA) is 145 Å². The Balaban J connectivity index is 1.93. The van der Waals surface area contributed by atoms with Crippen LogP contribution in [0.25, 0.3) is 6.08 Å². The van der Waals surface area contributed by atoms with Gasteiger partial charge in [-0.15, -0.1) is 0 Å². The molecule has 1 aromatic carbocycles. The number of halogens is 1. The maximum atomic E-state index is 13.5. The third kappa shape index (κ3) is 4.44. The van der Waals surface area contributed by atoms with Crippen molar-refractivity contribution in [1.29, 1.82) is 0 Å².